The Kier molecular flexibility index (Phi) is 73.4. The lowest BCUT2D eigenvalue weighted by Crippen LogP contribution is -2.46. The van der Waals surface area contributed by atoms with Crippen LogP contribution in [0.15, 0.2) is 0 Å². The fourth-order valence-corrected chi connectivity index (χ4v) is 14.5. The summed E-state index contributed by atoms with van der Waals surface area (Å²) >= 11 is 0. The molecule has 0 aliphatic heterocycles. The van der Waals surface area contributed by atoms with E-state index in [1.54, 1.807) is 0 Å². The van der Waals surface area contributed by atoms with Gasteiger partial charge < -0.3 is 51.2 Å². The number of phosphoric ester groups is 2. The van der Waals surface area contributed by atoms with Gasteiger partial charge in [-0.3, -0.25) is 46.9 Å². The van der Waals surface area contributed by atoms with E-state index in [1.807, 2.05) is 0 Å². The zero-order valence-corrected chi connectivity index (χ0v) is 71.2. The minimum absolute atomic E-state index is 0.0851. The van der Waals surface area contributed by atoms with Gasteiger partial charge in [-0.05, 0) is 51.4 Å². The number of ether oxygens (including phenoxy) is 2. The Hall–Kier alpha value is -3.69. The van der Waals surface area contributed by atoms with E-state index in [-0.39, 0.29) is 88.5 Å². The molecule has 0 aromatic rings. The van der Waals surface area contributed by atoms with Gasteiger partial charge in [-0.15, -0.1) is 0 Å². The average Bonchev–Trinajstić information content (AvgIpc) is 0.913. The molecule has 2 unspecified atom stereocenters. The summed E-state index contributed by atoms with van der Waals surface area (Å²) in [5.41, 5.74) is 0. The molecule has 23 nitrogen and oxygen atoms in total. The normalized spacial score (nSPS) is 13.7. The number of esters is 2. The molecule has 25 heteroatoms. The molecule has 0 rings (SSSR count). The minimum atomic E-state index is -4.79. The first-order chi connectivity index (χ1) is 52.3. The van der Waals surface area contributed by atoms with E-state index in [2.05, 4.69) is 73.4 Å². The number of amides is 6. The van der Waals surface area contributed by atoms with Crippen LogP contribution in [0, 0.1) is 0 Å². The van der Waals surface area contributed by atoms with E-state index in [9.17, 15) is 52.5 Å². The molecule has 0 fully saturated rings. The monoisotopic (exact) mass is 1580 g/mol. The Morgan fingerprint density at radius 3 is 0.806 bits per heavy atom. The molecule has 636 valence electrons. The number of rotatable bonds is 82. The fourth-order valence-electron chi connectivity index (χ4n) is 13.0. The molecule has 0 radical (unpaired) electrons. The molecule has 0 saturated heterocycles. The second kappa shape index (κ2) is 76.0. The van der Waals surface area contributed by atoms with Crippen molar-refractivity contribution in [2.24, 2.45) is 0 Å². The standard InChI is InChI=1S/C83H162N6O17P2/c1-7-13-19-25-29-33-35-39-41-47-53-59-77(90)88-73(69-86-79(92)67-75(57-51-45-23-17-11-5)105-81(94)61-55-49-43-37-31-27-21-15-9-3)71-103-107(97,98)101-65-63-84-83(96)85-64-66-102-108(99,100)104-72-74(89-78(91)60-54-48-42-40-36-34-30-26-20-14-8-2)70-87-80(93)68-76(58-52-46-24-18-12-6)106-82(95)62-56-50-44-38-32-28-22-16-10-4/h73-76H,7-72H2,1-6H3,(H,86,92)(H,87,93)(H,88,90)(H,89,91)(H,97,98)(H,99,100)(H2,84,85,96)/t73-,74-,75-,76-/m1/s1. The van der Waals surface area contributed by atoms with Crippen LogP contribution in [0.25, 0.3) is 0 Å². The second-order valence-corrected chi connectivity index (χ2v) is 33.2. The smallest absolute Gasteiger partial charge is 0.462 e. The molecule has 0 aromatic carbocycles. The fraction of sp³-hybridized carbons (Fsp3) is 0.916. The lowest BCUT2D eigenvalue weighted by Gasteiger charge is -2.22. The lowest BCUT2D eigenvalue weighted by atomic mass is 10.0. The van der Waals surface area contributed by atoms with Crippen LogP contribution >= 0.6 is 15.6 Å². The van der Waals surface area contributed by atoms with Crippen molar-refractivity contribution in [1.29, 1.82) is 0 Å². The summed E-state index contributed by atoms with van der Waals surface area (Å²) in [5.74, 6) is -2.10. The number of carbonyl (C=O) groups is 7. The lowest BCUT2D eigenvalue weighted by molar-refractivity contribution is -0.152. The summed E-state index contributed by atoms with van der Waals surface area (Å²) in [6.45, 7) is 10.3. The molecule has 6 amide bonds. The van der Waals surface area contributed by atoms with Gasteiger partial charge in [0.25, 0.3) is 0 Å². The predicted molar refractivity (Wildman–Crippen MR) is 436 cm³/mol. The van der Waals surface area contributed by atoms with E-state index in [4.69, 9.17) is 27.6 Å². The quantitative estimate of drug-likeness (QED) is 0.0159. The van der Waals surface area contributed by atoms with Crippen molar-refractivity contribution in [3.05, 3.63) is 0 Å². The first-order valence-electron chi connectivity index (χ1n) is 44.1. The zero-order valence-electron chi connectivity index (χ0n) is 69.4. The van der Waals surface area contributed by atoms with Gasteiger partial charge in [0, 0.05) is 51.9 Å². The molecule has 0 aromatic heterocycles. The van der Waals surface area contributed by atoms with Crippen LogP contribution in [0.1, 0.15) is 414 Å². The average molecular weight is 1580 g/mol. The topological polar surface area (TPSA) is 322 Å². The summed E-state index contributed by atoms with van der Waals surface area (Å²) < 4.78 is 59.2. The van der Waals surface area contributed by atoms with Crippen LogP contribution in [0.2, 0.25) is 0 Å². The second-order valence-electron chi connectivity index (χ2n) is 30.3. The van der Waals surface area contributed by atoms with Crippen LogP contribution in [0.3, 0.4) is 0 Å². The van der Waals surface area contributed by atoms with E-state index >= 15 is 0 Å². The van der Waals surface area contributed by atoms with Gasteiger partial charge in [-0.1, -0.05) is 324 Å². The van der Waals surface area contributed by atoms with Crippen molar-refractivity contribution in [3.8, 4) is 0 Å². The SMILES string of the molecule is CCCCCCCCCCCCCC(=O)N[C@H](CNC(=O)C[C@@H](CCCCCCC)OC(=O)CCCCCCCCCCC)COP(=O)(O)OCCNC(=O)NCCOP(=O)(O)OC[C@@H](CNC(=O)C[C@@H](CCCCCCC)OC(=O)CCCCCCCCCCC)NC(=O)CCCCCCCCCCCCC. The number of hydrogen-bond donors (Lipinski definition) is 8. The summed E-state index contributed by atoms with van der Waals surface area (Å²) in [7, 11) is -9.58. The van der Waals surface area contributed by atoms with E-state index in [0.717, 1.165) is 167 Å². The number of unbranched alkanes of at least 4 members (excludes halogenated alkanes) is 44. The van der Waals surface area contributed by atoms with Crippen molar-refractivity contribution < 1.29 is 80.0 Å². The highest BCUT2D eigenvalue weighted by molar-refractivity contribution is 7.47. The largest absolute Gasteiger partial charge is 0.472 e. The Morgan fingerprint density at radius 1 is 0.296 bits per heavy atom. The molecule has 8 N–H and O–H groups in total. The van der Waals surface area contributed by atoms with Crippen LogP contribution < -0.4 is 31.9 Å². The van der Waals surface area contributed by atoms with Gasteiger partial charge in [-0.25, -0.2) is 13.9 Å². The number of hydrogen-bond acceptors (Lipinski definition) is 15. The Labute approximate surface area is 656 Å². The van der Waals surface area contributed by atoms with Crippen molar-refractivity contribution >= 4 is 57.2 Å². The molecule has 0 bridgehead atoms. The van der Waals surface area contributed by atoms with E-state index in [1.165, 1.54) is 141 Å². The third-order valence-electron chi connectivity index (χ3n) is 19.6. The van der Waals surface area contributed by atoms with Crippen LogP contribution in [-0.2, 0) is 65.5 Å². The number of urea groups is 1. The van der Waals surface area contributed by atoms with Crippen molar-refractivity contribution in [1.82, 2.24) is 31.9 Å². The number of carbonyl (C=O) groups excluding carboxylic acids is 7. The Morgan fingerprint density at radius 2 is 0.537 bits per heavy atom. The number of phosphoric acid groups is 2. The maximum absolute atomic E-state index is 13.6. The minimum Gasteiger partial charge on any atom is -0.462 e. The Balaban J connectivity index is 5.70. The van der Waals surface area contributed by atoms with E-state index in [0.29, 0.717) is 25.7 Å². The van der Waals surface area contributed by atoms with Crippen molar-refractivity contribution in [3.63, 3.8) is 0 Å². The third-order valence-corrected chi connectivity index (χ3v) is 21.6. The Bertz CT molecular complexity index is 2130. The first-order valence-corrected chi connectivity index (χ1v) is 47.1. The maximum Gasteiger partial charge on any atom is 0.472 e. The first kappa shape index (κ1) is 104. The summed E-state index contributed by atoms with van der Waals surface area (Å²) in [5, 5.41) is 16.3. The van der Waals surface area contributed by atoms with Gasteiger partial charge in [0.05, 0.1) is 51.4 Å². The van der Waals surface area contributed by atoms with Crippen molar-refractivity contribution in [2.45, 2.75) is 438 Å². The van der Waals surface area contributed by atoms with Crippen LogP contribution in [0.5, 0.6) is 0 Å². The molecular formula is C83H162N6O17P2. The van der Waals surface area contributed by atoms with Crippen LogP contribution in [0.4, 0.5) is 4.79 Å². The third kappa shape index (κ3) is 72.5. The molecule has 6 atom stereocenters. The molecule has 0 saturated carbocycles. The zero-order chi connectivity index (χ0) is 79.5. The highest BCUT2D eigenvalue weighted by Crippen LogP contribution is 2.44. The van der Waals surface area contributed by atoms with Gasteiger partial charge in [0.2, 0.25) is 23.6 Å². The van der Waals surface area contributed by atoms with Crippen molar-refractivity contribution in [2.75, 3.05) is 52.6 Å². The maximum atomic E-state index is 13.6. The van der Waals surface area contributed by atoms with Crippen LogP contribution in [-0.4, -0.2) is 128 Å². The highest BCUT2D eigenvalue weighted by Gasteiger charge is 2.28. The summed E-state index contributed by atoms with van der Waals surface area (Å²) in [6.07, 6.45) is 55.2. The van der Waals surface area contributed by atoms with Gasteiger partial charge in [0.15, 0.2) is 0 Å². The van der Waals surface area contributed by atoms with Gasteiger partial charge in [-0.2, -0.15) is 0 Å². The molecule has 0 heterocycles. The summed E-state index contributed by atoms with van der Waals surface area (Å²) in [4.78, 5) is 114. The molecule has 0 aliphatic carbocycles. The molecular weight excluding hydrogens is 1410 g/mol. The molecule has 0 aliphatic rings. The van der Waals surface area contributed by atoms with Gasteiger partial charge in [0.1, 0.15) is 12.2 Å². The van der Waals surface area contributed by atoms with E-state index < -0.39 is 84.2 Å². The highest BCUT2D eigenvalue weighted by atomic mass is 31.2. The summed E-state index contributed by atoms with van der Waals surface area (Å²) in [6, 6.07) is -2.64. The molecule has 0 spiro atoms. The molecule has 108 heavy (non-hydrogen) atoms. The predicted octanol–water partition coefficient (Wildman–Crippen LogP) is 20.3. The number of nitrogens with one attached hydrogen (secondary N) is 6. The van der Waals surface area contributed by atoms with Gasteiger partial charge >= 0.3 is 33.6 Å².